The van der Waals surface area contributed by atoms with Gasteiger partial charge in [-0.05, 0) is 65.4 Å². The Kier molecular flexibility index (Phi) is 7.92. The van der Waals surface area contributed by atoms with Gasteiger partial charge in [-0.25, -0.2) is 4.39 Å². The van der Waals surface area contributed by atoms with Crippen molar-refractivity contribution in [3.05, 3.63) is 93.6 Å². The average molecular weight is 527 g/mol. The molecule has 4 rings (SSSR count). The van der Waals surface area contributed by atoms with Crippen molar-refractivity contribution in [1.29, 1.82) is 0 Å². The molecule has 0 aliphatic carbocycles. The first-order valence-electron chi connectivity index (χ1n) is 10.7. The van der Waals surface area contributed by atoms with E-state index in [1.807, 2.05) is 0 Å². The third-order valence-electron chi connectivity index (χ3n) is 5.12. The van der Waals surface area contributed by atoms with Gasteiger partial charge in [-0.15, -0.1) is 0 Å². The highest BCUT2D eigenvalue weighted by Gasteiger charge is 2.36. The lowest BCUT2D eigenvalue weighted by molar-refractivity contribution is -0.127. The Morgan fingerprint density at radius 3 is 2.56 bits per heavy atom. The molecule has 1 aliphatic heterocycles. The zero-order chi connectivity index (χ0) is 25.7. The number of ether oxygens (including phenoxy) is 2. The van der Waals surface area contributed by atoms with E-state index in [2.05, 4.69) is 5.32 Å². The van der Waals surface area contributed by atoms with Gasteiger partial charge in [-0.3, -0.25) is 19.3 Å². The maximum atomic E-state index is 13.1. The quantitative estimate of drug-likeness (QED) is 0.377. The number of amides is 3. The molecule has 3 amide bonds. The van der Waals surface area contributed by atoms with E-state index in [1.165, 1.54) is 19.2 Å². The molecular formula is C26H20ClFN2O5S. The SMILES string of the molecule is COc1cc(/C=C2/SC(=O)N(CC(=O)Nc3ccccc3Cl)C2=O)ccc1OCc1ccc(F)cc1. The van der Waals surface area contributed by atoms with Gasteiger partial charge in [0.05, 0.1) is 22.7 Å². The smallest absolute Gasteiger partial charge is 0.294 e. The predicted molar refractivity (Wildman–Crippen MR) is 136 cm³/mol. The van der Waals surface area contributed by atoms with E-state index >= 15 is 0 Å². The molecule has 10 heteroatoms. The van der Waals surface area contributed by atoms with Crippen LogP contribution in [0.2, 0.25) is 5.02 Å². The van der Waals surface area contributed by atoms with Gasteiger partial charge in [-0.2, -0.15) is 0 Å². The molecule has 3 aromatic carbocycles. The second kappa shape index (κ2) is 11.3. The van der Waals surface area contributed by atoms with Crippen LogP contribution in [0.4, 0.5) is 14.9 Å². The highest BCUT2D eigenvalue weighted by Crippen LogP contribution is 2.35. The van der Waals surface area contributed by atoms with Gasteiger partial charge in [0.1, 0.15) is 19.0 Å². The van der Waals surface area contributed by atoms with Crippen molar-refractivity contribution in [1.82, 2.24) is 4.90 Å². The minimum atomic E-state index is -0.574. The Morgan fingerprint density at radius 1 is 1.08 bits per heavy atom. The van der Waals surface area contributed by atoms with E-state index in [-0.39, 0.29) is 17.3 Å². The number of para-hydroxylation sites is 1. The monoisotopic (exact) mass is 526 g/mol. The van der Waals surface area contributed by atoms with Gasteiger partial charge in [0.2, 0.25) is 5.91 Å². The number of anilines is 1. The average Bonchev–Trinajstić information content (AvgIpc) is 3.12. The first-order valence-corrected chi connectivity index (χ1v) is 11.9. The van der Waals surface area contributed by atoms with Gasteiger partial charge < -0.3 is 14.8 Å². The summed E-state index contributed by atoms with van der Waals surface area (Å²) in [5, 5.41) is 2.39. The number of halogens is 2. The normalized spacial score (nSPS) is 14.3. The molecular weight excluding hydrogens is 507 g/mol. The second-order valence-electron chi connectivity index (χ2n) is 7.62. The molecule has 0 spiro atoms. The fourth-order valence-corrected chi connectivity index (χ4v) is 4.34. The maximum Gasteiger partial charge on any atom is 0.294 e. The summed E-state index contributed by atoms with van der Waals surface area (Å²) in [5.41, 5.74) is 1.78. The number of benzene rings is 3. The molecule has 184 valence electrons. The van der Waals surface area contributed by atoms with Crippen molar-refractivity contribution in [2.75, 3.05) is 19.0 Å². The van der Waals surface area contributed by atoms with E-state index in [4.69, 9.17) is 21.1 Å². The number of hydrogen-bond donors (Lipinski definition) is 1. The number of hydrogen-bond acceptors (Lipinski definition) is 6. The number of methoxy groups -OCH3 is 1. The van der Waals surface area contributed by atoms with Crippen molar-refractivity contribution >= 4 is 52.2 Å². The molecule has 7 nitrogen and oxygen atoms in total. The summed E-state index contributed by atoms with van der Waals surface area (Å²) in [7, 11) is 1.48. The third-order valence-corrected chi connectivity index (χ3v) is 6.35. The molecule has 1 saturated heterocycles. The molecule has 1 N–H and O–H groups in total. The summed E-state index contributed by atoms with van der Waals surface area (Å²) in [6.45, 7) is -0.224. The van der Waals surface area contributed by atoms with Gasteiger partial charge in [0.15, 0.2) is 11.5 Å². The molecule has 0 atom stereocenters. The van der Waals surface area contributed by atoms with Crippen molar-refractivity contribution in [2.45, 2.75) is 6.61 Å². The Bertz CT molecular complexity index is 1350. The summed E-state index contributed by atoms with van der Waals surface area (Å²) in [5.74, 6) is -0.565. The number of carbonyl (C=O) groups is 3. The summed E-state index contributed by atoms with van der Waals surface area (Å²) >= 11 is 6.78. The molecule has 0 saturated carbocycles. The summed E-state index contributed by atoms with van der Waals surface area (Å²) < 4.78 is 24.3. The fourth-order valence-electron chi connectivity index (χ4n) is 3.32. The van der Waals surface area contributed by atoms with E-state index in [9.17, 15) is 18.8 Å². The van der Waals surface area contributed by atoms with Crippen LogP contribution in [-0.2, 0) is 16.2 Å². The molecule has 36 heavy (non-hydrogen) atoms. The maximum absolute atomic E-state index is 13.1. The minimum absolute atomic E-state index is 0.174. The zero-order valence-electron chi connectivity index (χ0n) is 19.0. The molecule has 1 heterocycles. The highest BCUT2D eigenvalue weighted by atomic mass is 35.5. The van der Waals surface area contributed by atoms with Crippen molar-refractivity contribution in [2.24, 2.45) is 0 Å². The molecule has 1 aliphatic rings. The Hall–Kier alpha value is -3.82. The molecule has 0 radical (unpaired) electrons. The van der Waals surface area contributed by atoms with E-state index in [0.29, 0.717) is 27.8 Å². The Morgan fingerprint density at radius 2 is 1.83 bits per heavy atom. The molecule has 0 aromatic heterocycles. The van der Waals surface area contributed by atoms with Crippen molar-refractivity contribution in [3.8, 4) is 11.5 Å². The van der Waals surface area contributed by atoms with Gasteiger partial charge in [-0.1, -0.05) is 41.9 Å². The van der Waals surface area contributed by atoms with E-state index in [0.717, 1.165) is 22.2 Å². The Balaban J connectivity index is 1.43. The van der Waals surface area contributed by atoms with Crippen LogP contribution in [0.5, 0.6) is 11.5 Å². The summed E-state index contributed by atoms with van der Waals surface area (Å²) in [4.78, 5) is 38.7. The van der Waals surface area contributed by atoms with Crippen LogP contribution >= 0.6 is 23.4 Å². The van der Waals surface area contributed by atoms with Crippen LogP contribution in [0.3, 0.4) is 0 Å². The number of nitrogens with zero attached hydrogens (tertiary/aromatic N) is 1. The fraction of sp³-hybridized carbons (Fsp3) is 0.115. The number of rotatable bonds is 8. The first kappa shape index (κ1) is 25.3. The lowest BCUT2D eigenvalue weighted by Crippen LogP contribution is -2.36. The highest BCUT2D eigenvalue weighted by molar-refractivity contribution is 8.18. The van der Waals surface area contributed by atoms with Gasteiger partial charge in [0, 0.05) is 0 Å². The summed E-state index contributed by atoms with van der Waals surface area (Å²) in [6, 6.07) is 17.7. The van der Waals surface area contributed by atoms with Crippen LogP contribution in [-0.4, -0.2) is 35.6 Å². The topological polar surface area (TPSA) is 84.9 Å². The second-order valence-corrected chi connectivity index (χ2v) is 9.02. The van der Waals surface area contributed by atoms with Crippen LogP contribution < -0.4 is 14.8 Å². The van der Waals surface area contributed by atoms with Crippen LogP contribution in [0, 0.1) is 5.82 Å². The van der Waals surface area contributed by atoms with Gasteiger partial charge >= 0.3 is 0 Å². The van der Waals surface area contributed by atoms with Crippen LogP contribution in [0.25, 0.3) is 6.08 Å². The number of thioether (sulfide) groups is 1. The molecule has 0 bridgehead atoms. The third kappa shape index (κ3) is 6.05. The zero-order valence-corrected chi connectivity index (χ0v) is 20.6. The lowest BCUT2D eigenvalue weighted by atomic mass is 10.1. The van der Waals surface area contributed by atoms with Crippen molar-refractivity contribution < 1.29 is 28.2 Å². The lowest BCUT2D eigenvalue weighted by Gasteiger charge is -2.13. The Labute approximate surface area is 215 Å². The predicted octanol–water partition coefficient (Wildman–Crippen LogP) is 5.74. The van der Waals surface area contributed by atoms with E-state index in [1.54, 1.807) is 60.7 Å². The number of carbonyl (C=O) groups excluding carboxylic acids is 3. The molecule has 1 fully saturated rings. The minimum Gasteiger partial charge on any atom is -0.493 e. The van der Waals surface area contributed by atoms with Crippen molar-refractivity contribution in [3.63, 3.8) is 0 Å². The first-order chi connectivity index (χ1) is 17.3. The molecule has 0 unspecified atom stereocenters. The molecule has 3 aromatic rings. The van der Waals surface area contributed by atoms with Crippen LogP contribution in [0.1, 0.15) is 11.1 Å². The standard InChI is InChI=1S/C26H20ClFN2O5S/c1-34-22-12-17(8-11-21(22)35-15-16-6-9-18(28)10-7-16)13-23-25(32)30(26(33)36-23)14-24(31)29-20-5-3-2-4-19(20)27/h2-13H,14-15H2,1H3,(H,29,31)/b23-13+. The number of nitrogens with one attached hydrogen (secondary N) is 1. The largest absolute Gasteiger partial charge is 0.493 e. The van der Waals surface area contributed by atoms with Crippen LogP contribution in [0.15, 0.2) is 71.6 Å². The van der Waals surface area contributed by atoms with E-state index < -0.39 is 23.6 Å². The summed E-state index contributed by atoms with van der Waals surface area (Å²) in [6.07, 6.45) is 1.54. The van der Waals surface area contributed by atoms with Gasteiger partial charge in [0.25, 0.3) is 11.1 Å². The number of imide groups is 1.